The van der Waals surface area contributed by atoms with E-state index < -0.39 is 23.6 Å². The molecule has 1 aliphatic heterocycles. The second-order valence-electron chi connectivity index (χ2n) is 6.37. The maximum atomic E-state index is 12.9. The molecule has 6 nitrogen and oxygen atoms in total. The molecule has 0 saturated carbocycles. The minimum absolute atomic E-state index is 0.0561. The topological polar surface area (TPSA) is 78.9 Å². The molecule has 0 aliphatic carbocycles. The molecule has 142 valence electrons. The van der Waals surface area contributed by atoms with Crippen LogP contribution < -0.4 is 10.1 Å². The van der Waals surface area contributed by atoms with Crippen LogP contribution in [0.5, 0.6) is 5.75 Å². The number of β-amino-alcohol motifs (C(OH)–C–C–N with tert-alkyl or cyclic N) is 1. The Morgan fingerprint density at radius 1 is 1.19 bits per heavy atom. The number of hydrogen-bond acceptors (Lipinski definition) is 4. The van der Waals surface area contributed by atoms with E-state index in [1.54, 1.807) is 43.3 Å². The second-order valence-corrected chi connectivity index (χ2v) is 7.22. The van der Waals surface area contributed by atoms with Gasteiger partial charge in [-0.3, -0.25) is 9.69 Å². The SMILES string of the molecule is C[C@@]1(c2ccc(Cl)cc2Cl)NC(=O)N(C[C@@H](O)COc2ccccc2)C1=O. The summed E-state index contributed by atoms with van der Waals surface area (Å²) >= 11 is 12.1. The summed E-state index contributed by atoms with van der Waals surface area (Å²) in [7, 11) is 0. The first-order chi connectivity index (χ1) is 12.8. The predicted octanol–water partition coefficient (Wildman–Crippen LogP) is 3.20. The first-order valence-electron chi connectivity index (χ1n) is 8.27. The largest absolute Gasteiger partial charge is 0.491 e. The van der Waals surface area contributed by atoms with E-state index in [0.29, 0.717) is 16.3 Å². The van der Waals surface area contributed by atoms with Crippen LogP contribution in [0.25, 0.3) is 0 Å². The summed E-state index contributed by atoms with van der Waals surface area (Å²) in [5.74, 6) is 0.0852. The Kier molecular flexibility index (Phi) is 5.60. The van der Waals surface area contributed by atoms with Gasteiger partial charge < -0.3 is 15.2 Å². The molecule has 0 spiro atoms. The third-order valence-corrected chi connectivity index (χ3v) is 4.87. The summed E-state index contributed by atoms with van der Waals surface area (Å²) in [6, 6.07) is 13.1. The fourth-order valence-corrected chi connectivity index (χ4v) is 3.51. The van der Waals surface area contributed by atoms with E-state index in [1.807, 2.05) is 6.07 Å². The van der Waals surface area contributed by atoms with Gasteiger partial charge in [-0.1, -0.05) is 47.5 Å². The van der Waals surface area contributed by atoms with Crippen LogP contribution in [0.4, 0.5) is 4.79 Å². The Balaban J connectivity index is 1.70. The smallest absolute Gasteiger partial charge is 0.325 e. The number of ether oxygens (including phenoxy) is 1. The molecule has 27 heavy (non-hydrogen) atoms. The van der Waals surface area contributed by atoms with Crippen molar-refractivity contribution in [3.05, 3.63) is 64.1 Å². The maximum Gasteiger partial charge on any atom is 0.325 e. The number of nitrogens with zero attached hydrogens (tertiary/aromatic N) is 1. The number of rotatable bonds is 6. The Morgan fingerprint density at radius 2 is 1.89 bits per heavy atom. The predicted molar refractivity (Wildman–Crippen MR) is 102 cm³/mol. The standard InChI is InChI=1S/C19H18Cl2N2O4/c1-19(15-8-7-12(20)9-16(15)21)17(25)23(18(26)22-19)10-13(24)11-27-14-5-3-2-4-6-14/h2-9,13,24H,10-11H2,1H3,(H,22,26)/t13-,19+/m1/s1. The lowest BCUT2D eigenvalue weighted by atomic mass is 9.92. The zero-order valence-corrected chi connectivity index (χ0v) is 16.0. The molecule has 3 rings (SSSR count). The molecule has 0 bridgehead atoms. The number of benzene rings is 2. The number of imide groups is 1. The monoisotopic (exact) mass is 408 g/mol. The van der Waals surface area contributed by atoms with Gasteiger partial charge >= 0.3 is 6.03 Å². The third-order valence-electron chi connectivity index (χ3n) is 4.32. The molecule has 0 radical (unpaired) electrons. The van der Waals surface area contributed by atoms with Gasteiger partial charge in [0.1, 0.15) is 24.0 Å². The number of urea groups is 1. The van der Waals surface area contributed by atoms with Crippen molar-refractivity contribution in [2.45, 2.75) is 18.6 Å². The fourth-order valence-electron chi connectivity index (χ4n) is 2.91. The van der Waals surface area contributed by atoms with E-state index in [0.717, 1.165) is 4.90 Å². The number of carbonyl (C=O) groups is 2. The Bertz CT molecular complexity index is 862. The van der Waals surface area contributed by atoms with Crippen molar-refractivity contribution in [3.63, 3.8) is 0 Å². The molecule has 8 heteroatoms. The summed E-state index contributed by atoms with van der Waals surface area (Å²) in [4.78, 5) is 26.2. The zero-order valence-electron chi connectivity index (χ0n) is 14.5. The van der Waals surface area contributed by atoms with E-state index in [2.05, 4.69) is 5.32 Å². The van der Waals surface area contributed by atoms with Crippen LogP contribution in [0.1, 0.15) is 12.5 Å². The average Bonchev–Trinajstić information content (AvgIpc) is 2.84. The number of halogens is 2. The van der Waals surface area contributed by atoms with Gasteiger partial charge in [-0.25, -0.2) is 4.79 Å². The van der Waals surface area contributed by atoms with Crippen molar-refractivity contribution in [1.29, 1.82) is 0 Å². The second kappa shape index (κ2) is 7.76. The molecule has 2 aromatic rings. The molecule has 1 fully saturated rings. The molecule has 0 aromatic heterocycles. The normalized spacial score (nSPS) is 20.5. The van der Waals surface area contributed by atoms with Gasteiger partial charge in [-0.15, -0.1) is 0 Å². The highest BCUT2D eigenvalue weighted by Gasteiger charge is 2.50. The van der Waals surface area contributed by atoms with Gasteiger partial charge in [0, 0.05) is 15.6 Å². The van der Waals surface area contributed by atoms with Gasteiger partial charge in [-0.2, -0.15) is 0 Å². The molecule has 1 saturated heterocycles. The van der Waals surface area contributed by atoms with Gasteiger partial charge in [0.25, 0.3) is 5.91 Å². The number of nitrogens with one attached hydrogen (secondary N) is 1. The van der Waals surface area contributed by atoms with Crippen LogP contribution >= 0.6 is 23.2 Å². The van der Waals surface area contributed by atoms with Crippen LogP contribution in [0.2, 0.25) is 10.0 Å². The third kappa shape index (κ3) is 4.03. The van der Waals surface area contributed by atoms with Gasteiger partial charge in [-0.05, 0) is 31.2 Å². The average molecular weight is 409 g/mol. The molecule has 3 amide bonds. The van der Waals surface area contributed by atoms with Crippen molar-refractivity contribution < 1.29 is 19.4 Å². The number of hydrogen-bond donors (Lipinski definition) is 2. The van der Waals surface area contributed by atoms with Gasteiger partial charge in [0.05, 0.1) is 6.54 Å². The molecule has 1 aliphatic rings. The van der Waals surface area contributed by atoms with Crippen LogP contribution in [0.3, 0.4) is 0 Å². The molecular weight excluding hydrogens is 391 g/mol. The number of para-hydroxylation sites is 1. The van der Waals surface area contributed by atoms with E-state index >= 15 is 0 Å². The molecule has 2 atom stereocenters. The lowest BCUT2D eigenvalue weighted by Gasteiger charge is -2.24. The van der Waals surface area contributed by atoms with Crippen molar-refractivity contribution >= 4 is 35.1 Å². The summed E-state index contributed by atoms with van der Waals surface area (Å²) in [5.41, 5.74) is -0.900. The summed E-state index contributed by atoms with van der Waals surface area (Å²) in [5, 5.41) is 13.5. The van der Waals surface area contributed by atoms with Crippen LogP contribution in [-0.4, -0.2) is 41.2 Å². The van der Waals surface area contributed by atoms with Gasteiger partial charge in [0.2, 0.25) is 0 Å². The summed E-state index contributed by atoms with van der Waals surface area (Å²) in [6.45, 7) is 1.31. The maximum absolute atomic E-state index is 12.9. The number of carbonyl (C=O) groups excluding carboxylic acids is 2. The van der Waals surface area contributed by atoms with Crippen molar-refractivity contribution in [1.82, 2.24) is 10.2 Å². The first kappa shape index (κ1) is 19.5. The molecule has 0 unspecified atom stereocenters. The van der Waals surface area contributed by atoms with Crippen LogP contribution in [0.15, 0.2) is 48.5 Å². The van der Waals surface area contributed by atoms with E-state index in [9.17, 15) is 14.7 Å². The van der Waals surface area contributed by atoms with Crippen molar-refractivity contribution in [2.24, 2.45) is 0 Å². The molecule has 1 heterocycles. The molecule has 2 aromatic carbocycles. The Hall–Kier alpha value is -2.28. The molecule has 2 N–H and O–H groups in total. The van der Waals surface area contributed by atoms with Crippen LogP contribution in [0, 0.1) is 0 Å². The summed E-state index contributed by atoms with van der Waals surface area (Å²) < 4.78 is 5.46. The Morgan fingerprint density at radius 3 is 2.56 bits per heavy atom. The van der Waals surface area contributed by atoms with Crippen molar-refractivity contribution in [3.8, 4) is 5.75 Å². The first-order valence-corrected chi connectivity index (χ1v) is 9.02. The number of aliphatic hydroxyl groups is 1. The highest BCUT2D eigenvalue weighted by Crippen LogP contribution is 2.35. The zero-order chi connectivity index (χ0) is 19.6. The number of amides is 3. The molecular formula is C19H18Cl2N2O4. The lowest BCUT2D eigenvalue weighted by molar-refractivity contribution is -0.132. The van der Waals surface area contributed by atoms with E-state index in [4.69, 9.17) is 27.9 Å². The lowest BCUT2D eigenvalue weighted by Crippen LogP contribution is -2.43. The van der Waals surface area contributed by atoms with Crippen LogP contribution in [-0.2, 0) is 10.3 Å². The minimum Gasteiger partial charge on any atom is -0.491 e. The van der Waals surface area contributed by atoms with E-state index in [1.165, 1.54) is 6.07 Å². The quantitative estimate of drug-likeness (QED) is 0.719. The van der Waals surface area contributed by atoms with E-state index in [-0.39, 0.29) is 18.2 Å². The van der Waals surface area contributed by atoms with Gasteiger partial charge in [0.15, 0.2) is 0 Å². The minimum atomic E-state index is -1.33. The fraction of sp³-hybridized carbons (Fsp3) is 0.263. The Labute approximate surface area is 166 Å². The highest BCUT2D eigenvalue weighted by atomic mass is 35.5. The highest BCUT2D eigenvalue weighted by molar-refractivity contribution is 6.35. The van der Waals surface area contributed by atoms with Crippen molar-refractivity contribution in [2.75, 3.05) is 13.2 Å². The summed E-state index contributed by atoms with van der Waals surface area (Å²) in [6.07, 6.45) is -1.04. The number of aliphatic hydroxyl groups excluding tert-OH is 1.